The Bertz CT molecular complexity index is 314. The molecule has 0 spiro atoms. The van der Waals surface area contributed by atoms with E-state index in [2.05, 4.69) is 38.8 Å². The molecule has 0 unspecified atom stereocenters. The average Bonchev–Trinajstić information content (AvgIpc) is 2.85. The lowest BCUT2D eigenvalue weighted by atomic mass is 10.4. The van der Waals surface area contributed by atoms with Crippen LogP contribution in [0.3, 0.4) is 0 Å². The van der Waals surface area contributed by atoms with E-state index in [9.17, 15) is 0 Å². The molecule has 0 radical (unpaired) electrons. The van der Waals surface area contributed by atoms with E-state index in [0.29, 0.717) is 0 Å². The van der Waals surface area contributed by atoms with Crippen molar-refractivity contribution in [3.05, 3.63) is 6.20 Å². The van der Waals surface area contributed by atoms with E-state index in [1.807, 2.05) is 0 Å². The SMILES string of the molecule is CCN(CC)c1nncc(N2CCCC2)n1. The Labute approximate surface area is 96.5 Å². The van der Waals surface area contributed by atoms with Crippen LogP contribution in [0.15, 0.2) is 6.20 Å². The van der Waals surface area contributed by atoms with Crippen molar-refractivity contribution in [1.82, 2.24) is 15.2 Å². The van der Waals surface area contributed by atoms with Crippen LogP contribution in [0.25, 0.3) is 0 Å². The first-order chi connectivity index (χ1) is 7.85. The van der Waals surface area contributed by atoms with Gasteiger partial charge in [-0.05, 0) is 26.7 Å². The highest BCUT2D eigenvalue weighted by Crippen LogP contribution is 2.18. The van der Waals surface area contributed by atoms with Crippen molar-refractivity contribution in [2.45, 2.75) is 26.7 Å². The highest BCUT2D eigenvalue weighted by molar-refractivity contribution is 5.42. The van der Waals surface area contributed by atoms with Crippen LogP contribution in [0.4, 0.5) is 11.8 Å². The maximum atomic E-state index is 4.58. The molecule has 0 amide bonds. The fraction of sp³-hybridized carbons (Fsp3) is 0.727. The molecule has 1 aromatic heterocycles. The molecule has 0 aromatic carbocycles. The monoisotopic (exact) mass is 221 g/mol. The number of hydrogen-bond acceptors (Lipinski definition) is 5. The van der Waals surface area contributed by atoms with Crippen LogP contribution in [0.2, 0.25) is 0 Å². The molecule has 1 saturated heterocycles. The van der Waals surface area contributed by atoms with Crippen LogP contribution in [0.5, 0.6) is 0 Å². The zero-order chi connectivity index (χ0) is 11.4. The molecule has 1 aliphatic heterocycles. The lowest BCUT2D eigenvalue weighted by Gasteiger charge is -2.20. The van der Waals surface area contributed by atoms with Crippen molar-refractivity contribution in [2.75, 3.05) is 36.0 Å². The third-order valence-electron chi connectivity index (χ3n) is 3.01. The quantitative estimate of drug-likeness (QED) is 0.767. The largest absolute Gasteiger partial charge is 0.355 e. The topological polar surface area (TPSA) is 45.2 Å². The minimum absolute atomic E-state index is 0.745. The van der Waals surface area contributed by atoms with E-state index in [-0.39, 0.29) is 0 Å². The Kier molecular flexibility index (Phi) is 3.54. The van der Waals surface area contributed by atoms with Gasteiger partial charge in [0.1, 0.15) is 0 Å². The van der Waals surface area contributed by atoms with Gasteiger partial charge < -0.3 is 9.80 Å². The van der Waals surface area contributed by atoms with Gasteiger partial charge in [-0.1, -0.05) is 0 Å². The van der Waals surface area contributed by atoms with Crippen molar-refractivity contribution in [3.63, 3.8) is 0 Å². The van der Waals surface area contributed by atoms with E-state index in [1.165, 1.54) is 12.8 Å². The summed E-state index contributed by atoms with van der Waals surface area (Å²) in [4.78, 5) is 8.97. The summed E-state index contributed by atoms with van der Waals surface area (Å²) in [6.45, 7) is 8.24. The van der Waals surface area contributed by atoms with Gasteiger partial charge in [-0.2, -0.15) is 10.1 Å². The lowest BCUT2D eigenvalue weighted by Crippen LogP contribution is -2.26. The summed E-state index contributed by atoms with van der Waals surface area (Å²) in [5.41, 5.74) is 0. The molecular weight excluding hydrogens is 202 g/mol. The summed E-state index contributed by atoms with van der Waals surface area (Å²) in [7, 11) is 0. The van der Waals surface area contributed by atoms with Crippen LogP contribution in [-0.4, -0.2) is 41.4 Å². The molecule has 16 heavy (non-hydrogen) atoms. The second kappa shape index (κ2) is 5.09. The Balaban J connectivity index is 2.18. The third kappa shape index (κ3) is 2.23. The number of aromatic nitrogens is 3. The second-order valence-electron chi connectivity index (χ2n) is 3.98. The first-order valence-corrected chi connectivity index (χ1v) is 6.04. The second-order valence-corrected chi connectivity index (χ2v) is 3.98. The first-order valence-electron chi connectivity index (χ1n) is 6.04. The molecule has 2 heterocycles. The van der Waals surface area contributed by atoms with E-state index in [0.717, 1.165) is 37.9 Å². The molecular formula is C11H19N5. The summed E-state index contributed by atoms with van der Waals surface area (Å²) in [6.07, 6.45) is 4.27. The van der Waals surface area contributed by atoms with Crippen molar-refractivity contribution < 1.29 is 0 Å². The zero-order valence-corrected chi connectivity index (χ0v) is 10.1. The van der Waals surface area contributed by atoms with Crippen LogP contribution in [0.1, 0.15) is 26.7 Å². The van der Waals surface area contributed by atoms with Gasteiger partial charge in [-0.3, -0.25) is 0 Å². The minimum atomic E-state index is 0.745. The predicted molar refractivity (Wildman–Crippen MR) is 64.8 cm³/mol. The Morgan fingerprint density at radius 2 is 1.94 bits per heavy atom. The van der Waals surface area contributed by atoms with Gasteiger partial charge in [0.25, 0.3) is 0 Å². The molecule has 0 N–H and O–H groups in total. The van der Waals surface area contributed by atoms with Crippen molar-refractivity contribution in [3.8, 4) is 0 Å². The lowest BCUT2D eigenvalue weighted by molar-refractivity contribution is 0.784. The van der Waals surface area contributed by atoms with Crippen molar-refractivity contribution in [2.24, 2.45) is 0 Å². The standard InChI is InChI=1S/C11H19N5/c1-3-15(4-2)11-13-10(9-12-14-11)16-7-5-6-8-16/h9H,3-8H2,1-2H3. The predicted octanol–water partition coefficient (Wildman–Crippen LogP) is 1.32. The zero-order valence-electron chi connectivity index (χ0n) is 10.1. The van der Waals surface area contributed by atoms with Gasteiger partial charge in [-0.25, -0.2) is 0 Å². The average molecular weight is 221 g/mol. The van der Waals surface area contributed by atoms with Crippen LogP contribution in [0, 0.1) is 0 Å². The highest BCUT2D eigenvalue weighted by atomic mass is 15.3. The summed E-state index contributed by atoms with van der Waals surface area (Å²) in [5.74, 6) is 1.71. The fourth-order valence-electron chi connectivity index (χ4n) is 2.02. The molecule has 1 aromatic rings. The number of anilines is 2. The molecule has 0 bridgehead atoms. The molecule has 0 aliphatic carbocycles. The summed E-state index contributed by atoms with van der Waals surface area (Å²) < 4.78 is 0. The van der Waals surface area contributed by atoms with Gasteiger partial charge in [-0.15, -0.1) is 5.10 Å². The molecule has 0 atom stereocenters. The third-order valence-corrected chi connectivity index (χ3v) is 3.01. The van der Waals surface area contributed by atoms with Gasteiger partial charge >= 0.3 is 0 Å². The summed E-state index contributed by atoms with van der Waals surface area (Å²) >= 11 is 0. The van der Waals surface area contributed by atoms with Gasteiger partial charge in [0.2, 0.25) is 5.95 Å². The van der Waals surface area contributed by atoms with Crippen LogP contribution < -0.4 is 9.80 Å². The number of rotatable bonds is 4. The fourth-order valence-corrected chi connectivity index (χ4v) is 2.02. The van der Waals surface area contributed by atoms with E-state index >= 15 is 0 Å². The Morgan fingerprint density at radius 3 is 2.56 bits per heavy atom. The van der Waals surface area contributed by atoms with Crippen LogP contribution in [-0.2, 0) is 0 Å². The normalized spacial score (nSPS) is 15.5. The highest BCUT2D eigenvalue weighted by Gasteiger charge is 2.15. The smallest absolute Gasteiger partial charge is 0.247 e. The number of nitrogens with zero attached hydrogens (tertiary/aromatic N) is 5. The van der Waals surface area contributed by atoms with Crippen molar-refractivity contribution in [1.29, 1.82) is 0 Å². The molecule has 1 aliphatic rings. The van der Waals surface area contributed by atoms with E-state index in [4.69, 9.17) is 0 Å². The van der Waals surface area contributed by atoms with Gasteiger partial charge in [0.15, 0.2) is 5.82 Å². The van der Waals surface area contributed by atoms with E-state index in [1.54, 1.807) is 6.20 Å². The summed E-state index contributed by atoms with van der Waals surface area (Å²) in [6, 6.07) is 0. The number of hydrogen-bond donors (Lipinski definition) is 0. The molecule has 88 valence electrons. The maximum absolute atomic E-state index is 4.58. The summed E-state index contributed by atoms with van der Waals surface area (Å²) in [5, 5.41) is 8.14. The van der Waals surface area contributed by atoms with Crippen LogP contribution >= 0.6 is 0 Å². The molecule has 5 nitrogen and oxygen atoms in total. The Hall–Kier alpha value is -1.39. The minimum Gasteiger partial charge on any atom is -0.355 e. The molecule has 2 rings (SSSR count). The molecule has 1 fully saturated rings. The van der Waals surface area contributed by atoms with Crippen molar-refractivity contribution >= 4 is 11.8 Å². The first kappa shape index (κ1) is 11.1. The Morgan fingerprint density at radius 1 is 1.25 bits per heavy atom. The maximum Gasteiger partial charge on any atom is 0.247 e. The van der Waals surface area contributed by atoms with E-state index < -0.39 is 0 Å². The van der Waals surface area contributed by atoms with Gasteiger partial charge in [0, 0.05) is 26.2 Å². The van der Waals surface area contributed by atoms with Gasteiger partial charge in [0.05, 0.1) is 6.20 Å². The molecule has 5 heteroatoms. The molecule has 0 saturated carbocycles.